The monoisotopic (exact) mass is 263 g/mol. The maximum Gasteiger partial charge on any atom is 0.253 e. The van der Waals surface area contributed by atoms with E-state index >= 15 is 0 Å². The Morgan fingerprint density at radius 3 is 1.47 bits per heavy atom. The van der Waals surface area contributed by atoms with Gasteiger partial charge in [-0.2, -0.15) is 0 Å². The first-order valence-electron chi connectivity index (χ1n) is 7.84. The molecule has 1 fully saturated rings. The summed E-state index contributed by atoms with van der Waals surface area (Å²) in [5, 5.41) is 0. The Hall–Kier alpha value is -1.12. The molecule has 106 valence electrons. The zero-order valence-electron chi connectivity index (χ0n) is 11.8. The van der Waals surface area contributed by atoms with Crippen LogP contribution < -0.4 is 0 Å². The lowest BCUT2D eigenvalue weighted by atomic mass is 9.97. The lowest BCUT2D eigenvalue weighted by Gasteiger charge is -2.26. The Kier molecular flexibility index (Phi) is 5.62. The first-order valence-corrected chi connectivity index (χ1v) is 7.84. The first-order chi connectivity index (χ1) is 9.29. The van der Waals surface area contributed by atoms with Crippen molar-refractivity contribution >= 4 is 11.8 Å². The minimum Gasteiger partial charge on any atom is -0.272 e. The molecule has 1 aliphatic carbocycles. The van der Waals surface area contributed by atoms with Crippen LogP contribution in [0, 0.1) is 0 Å². The van der Waals surface area contributed by atoms with Crippen LogP contribution in [0.3, 0.4) is 0 Å². The molecule has 3 heteroatoms. The largest absolute Gasteiger partial charge is 0.272 e. The summed E-state index contributed by atoms with van der Waals surface area (Å²) < 4.78 is 0. The van der Waals surface area contributed by atoms with Crippen molar-refractivity contribution in [3.05, 3.63) is 12.2 Å². The maximum absolute atomic E-state index is 11.8. The van der Waals surface area contributed by atoms with Gasteiger partial charge >= 0.3 is 0 Å². The molecule has 0 aromatic rings. The number of carbonyl (C=O) groups is 2. The van der Waals surface area contributed by atoms with E-state index in [0.29, 0.717) is 0 Å². The van der Waals surface area contributed by atoms with Crippen molar-refractivity contribution in [3.8, 4) is 0 Å². The van der Waals surface area contributed by atoms with Gasteiger partial charge < -0.3 is 0 Å². The summed E-state index contributed by atoms with van der Waals surface area (Å²) >= 11 is 0. The summed E-state index contributed by atoms with van der Waals surface area (Å²) in [4.78, 5) is 25.0. The summed E-state index contributed by atoms with van der Waals surface area (Å²) in [5.74, 6) is -0.218. The fraction of sp³-hybridized carbons (Fsp3) is 0.750. The number of imide groups is 1. The van der Waals surface area contributed by atoms with E-state index in [1.54, 1.807) is 0 Å². The Bertz CT molecular complexity index is 319. The van der Waals surface area contributed by atoms with E-state index in [1.807, 2.05) is 0 Å². The van der Waals surface area contributed by atoms with Crippen molar-refractivity contribution in [2.75, 3.05) is 0 Å². The van der Waals surface area contributed by atoms with Crippen molar-refractivity contribution in [2.45, 2.75) is 76.7 Å². The number of amides is 2. The lowest BCUT2D eigenvalue weighted by Crippen LogP contribution is -2.40. The van der Waals surface area contributed by atoms with Gasteiger partial charge in [0.2, 0.25) is 0 Å². The topological polar surface area (TPSA) is 37.4 Å². The molecule has 1 saturated carbocycles. The van der Waals surface area contributed by atoms with Crippen LogP contribution in [0.15, 0.2) is 12.2 Å². The fourth-order valence-electron chi connectivity index (χ4n) is 3.17. The zero-order valence-corrected chi connectivity index (χ0v) is 11.8. The molecule has 2 amide bonds. The van der Waals surface area contributed by atoms with Gasteiger partial charge in [-0.25, -0.2) is 0 Å². The van der Waals surface area contributed by atoms with Gasteiger partial charge in [0.1, 0.15) is 0 Å². The van der Waals surface area contributed by atoms with Crippen LogP contribution >= 0.6 is 0 Å². The number of hydrogen-bond donors (Lipinski definition) is 0. The van der Waals surface area contributed by atoms with Gasteiger partial charge in [-0.15, -0.1) is 0 Å². The van der Waals surface area contributed by atoms with Crippen molar-refractivity contribution in [1.82, 2.24) is 4.90 Å². The molecule has 0 radical (unpaired) electrons. The molecule has 2 rings (SSSR count). The van der Waals surface area contributed by atoms with Gasteiger partial charge in [0.05, 0.1) is 0 Å². The van der Waals surface area contributed by atoms with Crippen LogP contribution in [0.1, 0.15) is 70.6 Å². The predicted molar refractivity (Wildman–Crippen MR) is 75.6 cm³/mol. The number of nitrogens with zero attached hydrogens (tertiary/aromatic N) is 1. The highest BCUT2D eigenvalue weighted by Crippen LogP contribution is 2.22. The van der Waals surface area contributed by atoms with Crippen molar-refractivity contribution in [3.63, 3.8) is 0 Å². The molecule has 0 aromatic carbocycles. The summed E-state index contributed by atoms with van der Waals surface area (Å²) in [7, 11) is 0. The molecular weight excluding hydrogens is 238 g/mol. The average molecular weight is 263 g/mol. The van der Waals surface area contributed by atoms with E-state index in [-0.39, 0.29) is 17.9 Å². The van der Waals surface area contributed by atoms with E-state index in [4.69, 9.17) is 0 Å². The van der Waals surface area contributed by atoms with Crippen LogP contribution in [-0.2, 0) is 9.59 Å². The molecule has 1 aliphatic heterocycles. The van der Waals surface area contributed by atoms with E-state index in [0.717, 1.165) is 25.7 Å². The predicted octanol–water partition coefficient (Wildman–Crippen LogP) is 3.58. The Labute approximate surface area is 116 Å². The Balaban J connectivity index is 1.91. The first kappa shape index (κ1) is 14.3. The van der Waals surface area contributed by atoms with Crippen LogP contribution in [-0.4, -0.2) is 22.8 Å². The highest BCUT2D eigenvalue weighted by molar-refractivity contribution is 6.13. The smallest absolute Gasteiger partial charge is 0.253 e. The van der Waals surface area contributed by atoms with Crippen molar-refractivity contribution < 1.29 is 9.59 Å². The molecule has 0 spiro atoms. The van der Waals surface area contributed by atoms with Crippen LogP contribution in [0.5, 0.6) is 0 Å². The number of carbonyl (C=O) groups excluding carboxylic acids is 2. The Morgan fingerprint density at radius 1 is 0.684 bits per heavy atom. The summed E-state index contributed by atoms with van der Waals surface area (Å²) in [5.41, 5.74) is 0. The second kappa shape index (κ2) is 7.46. The minimum absolute atomic E-state index is 0.109. The molecule has 2 aliphatic rings. The molecule has 0 saturated heterocycles. The summed E-state index contributed by atoms with van der Waals surface area (Å²) in [6.07, 6.45) is 16.2. The third kappa shape index (κ3) is 4.19. The summed E-state index contributed by atoms with van der Waals surface area (Å²) in [6, 6.07) is 0.134. The van der Waals surface area contributed by atoms with Gasteiger partial charge in [-0.1, -0.05) is 57.8 Å². The molecule has 1 heterocycles. The second-order valence-corrected chi connectivity index (χ2v) is 5.79. The third-order valence-electron chi connectivity index (χ3n) is 4.28. The van der Waals surface area contributed by atoms with E-state index in [1.165, 1.54) is 62.0 Å². The fourth-order valence-corrected chi connectivity index (χ4v) is 3.17. The van der Waals surface area contributed by atoms with Crippen LogP contribution in [0.2, 0.25) is 0 Å². The zero-order chi connectivity index (χ0) is 13.5. The quantitative estimate of drug-likeness (QED) is 0.678. The lowest BCUT2D eigenvalue weighted by molar-refractivity contribution is -0.139. The van der Waals surface area contributed by atoms with Crippen molar-refractivity contribution in [1.29, 1.82) is 0 Å². The molecule has 3 nitrogen and oxygen atoms in total. The van der Waals surface area contributed by atoms with Gasteiger partial charge in [-0.3, -0.25) is 14.5 Å². The molecule has 0 N–H and O–H groups in total. The standard InChI is InChI=1S/C16H25NO2/c18-15-12-13-16(19)17(15)14-10-8-6-4-2-1-3-5-7-9-11-14/h12-14H,1-11H2. The summed E-state index contributed by atoms with van der Waals surface area (Å²) in [6.45, 7) is 0. The van der Waals surface area contributed by atoms with Crippen LogP contribution in [0.25, 0.3) is 0 Å². The third-order valence-corrected chi connectivity index (χ3v) is 4.28. The van der Waals surface area contributed by atoms with Gasteiger partial charge in [0, 0.05) is 18.2 Å². The Morgan fingerprint density at radius 2 is 1.05 bits per heavy atom. The second-order valence-electron chi connectivity index (χ2n) is 5.79. The van der Waals surface area contributed by atoms with E-state index in [2.05, 4.69) is 0 Å². The van der Waals surface area contributed by atoms with Gasteiger partial charge in [0.25, 0.3) is 11.8 Å². The molecule has 19 heavy (non-hydrogen) atoms. The highest BCUT2D eigenvalue weighted by atomic mass is 16.2. The average Bonchev–Trinajstić information content (AvgIpc) is 2.71. The maximum atomic E-state index is 11.8. The van der Waals surface area contributed by atoms with Crippen molar-refractivity contribution in [2.24, 2.45) is 0 Å². The molecule has 0 aromatic heterocycles. The van der Waals surface area contributed by atoms with E-state index in [9.17, 15) is 9.59 Å². The number of hydrogen-bond acceptors (Lipinski definition) is 2. The SMILES string of the molecule is O=C1C=CC(=O)N1C1CCCCCCCCCCC1. The minimum atomic E-state index is -0.109. The van der Waals surface area contributed by atoms with Gasteiger partial charge in [0.15, 0.2) is 0 Å². The molecule has 0 atom stereocenters. The number of rotatable bonds is 1. The highest BCUT2D eigenvalue weighted by Gasteiger charge is 2.30. The molecule has 0 unspecified atom stereocenters. The molecular formula is C16H25NO2. The molecule has 0 bridgehead atoms. The normalized spacial score (nSPS) is 24.3. The van der Waals surface area contributed by atoms with Gasteiger partial charge in [-0.05, 0) is 12.8 Å². The van der Waals surface area contributed by atoms with Crippen LogP contribution in [0.4, 0.5) is 0 Å². The van der Waals surface area contributed by atoms with E-state index < -0.39 is 0 Å².